The van der Waals surface area contributed by atoms with Gasteiger partial charge in [-0.15, -0.1) is 0 Å². The van der Waals surface area contributed by atoms with E-state index in [4.69, 9.17) is 37.9 Å². The molecule has 9 aromatic carbocycles. The molecule has 0 saturated heterocycles. The Hall–Kier alpha value is -8.70. The fourth-order valence-electron chi connectivity index (χ4n) is 11.5. The maximum Gasteiger partial charge on any atom is 0.344 e. The molecule has 9 aromatic rings. The van der Waals surface area contributed by atoms with Crippen LogP contribution in [0.5, 0.6) is 23.0 Å². The van der Waals surface area contributed by atoms with Crippen molar-refractivity contribution in [1.82, 2.24) is 0 Å². The zero-order valence-corrected chi connectivity index (χ0v) is 70.9. The molecule has 0 aliphatic heterocycles. The van der Waals surface area contributed by atoms with Crippen molar-refractivity contribution >= 4 is 195 Å². The van der Waals surface area contributed by atoms with Gasteiger partial charge in [0.2, 0.25) is 0 Å². The van der Waals surface area contributed by atoms with Crippen molar-refractivity contribution in [1.29, 1.82) is 0 Å². The molecule has 12 rings (SSSR count). The molecule has 0 aromatic heterocycles. The average Bonchev–Trinajstić information content (AvgIpc) is 1.60. The molecule has 0 amide bonds. The summed E-state index contributed by atoms with van der Waals surface area (Å²) in [6.07, 6.45) is 8.30. The number of carbonyl (C=O) groups is 8. The van der Waals surface area contributed by atoms with E-state index in [0.717, 1.165) is 78.0 Å². The van der Waals surface area contributed by atoms with E-state index in [1.54, 1.807) is 54.6 Å². The highest BCUT2D eigenvalue weighted by molar-refractivity contribution is 14.1. The number of halogens is 4. The SMILES string of the molecule is O=C(OCCS(=O)(=O)[O-])c1ccc(I)c(OC(=O)C2CCCCC2)c1.O=C(OCCS(=O)(=O)[O-])c1ccc(I)cc1OC(=O)C1C=Cc2ccccc21.O=C(OCCS(=O)(=O)[O-])c1ccc(I)cc1OC(=O)C1c2ccccc2-c2ccccc21.O=C(OCCS(=O)(=O)[O-])c1ccc(I)cc1OC(=O)c1cccc2ccccc12. The summed E-state index contributed by atoms with van der Waals surface area (Å²) in [5.74, 6) is -9.95. The predicted molar refractivity (Wildman–Crippen MR) is 440 cm³/mol. The molecule has 36 heteroatoms. The van der Waals surface area contributed by atoms with E-state index in [9.17, 15) is 90.2 Å². The summed E-state index contributed by atoms with van der Waals surface area (Å²) in [6, 6.07) is 53.1. The van der Waals surface area contributed by atoms with Crippen LogP contribution in [0.3, 0.4) is 0 Å². The Balaban J connectivity index is 0.000000175. The van der Waals surface area contributed by atoms with E-state index < -0.39 is 144 Å². The van der Waals surface area contributed by atoms with Crippen LogP contribution in [0.2, 0.25) is 0 Å². The zero-order chi connectivity index (χ0) is 82.7. The topological polar surface area (TPSA) is 439 Å². The first-order valence-electron chi connectivity index (χ1n) is 33.9. The number of ether oxygens (including phenoxy) is 8. The van der Waals surface area contributed by atoms with E-state index in [0.29, 0.717) is 18.1 Å². The number of hydrogen-bond donors (Lipinski definition) is 0. The molecule has 3 aliphatic carbocycles. The maximum atomic E-state index is 13.3. The summed E-state index contributed by atoms with van der Waals surface area (Å²) >= 11 is 8.01. The Labute approximate surface area is 708 Å². The van der Waals surface area contributed by atoms with Gasteiger partial charge < -0.3 is 56.1 Å². The largest absolute Gasteiger partial charge is 0.748 e. The number of carbonyl (C=O) groups excluding carboxylic acids is 8. The minimum atomic E-state index is -4.52. The molecule has 1 fully saturated rings. The summed E-state index contributed by atoms with van der Waals surface area (Å²) in [6.45, 7) is -2.28. The van der Waals surface area contributed by atoms with Gasteiger partial charge in [-0.25, -0.2) is 57.6 Å². The monoisotopic (exact) mass is 2080 g/mol. The molecule has 1 atom stereocenters. The molecule has 0 bridgehead atoms. The lowest BCUT2D eigenvalue weighted by molar-refractivity contribution is -0.140. The van der Waals surface area contributed by atoms with Gasteiger partial charge in [0.15, 0.2) is 0 Å². The Morgan fingerprint density at radius 3 is 1.27 bits per heavy atom. The van der Waals surface area contributed by atoms with Crippen LogP contribution >= 0.6 is 90.4 Å². The maximum absolute atomic E-state index is 13.3. The minimum absolute atomic E-state index is 0.00116. The number of benzene rings is 9. The molecule has 28 nitrogen and oxygen atoms in total. The van der Waals surface area contributed by atoms with Crippen molar-refractivity contribution < 1.29 is 128 Å². The van der Waals surface area contributed by atoms with E-state index >= 15 is 0 Å². The first kappa shape index (κ1) is 89.2. The van der Waals surface area contributed by atoms with Crippen LogP contribution in [0.1, 0.15) is 118 Å². The van der Waals surface area contributed by atoms with Crippen LogP contribution in [0.4, 0.5) is 0 Å². The number of rotatable bonds is 24. The standard InChI is InChI=1S/C23H17IO7S.C20H15IO7S.C19H15IO7S.C16H19IO7S/c24-14-9-10-19(22(25)30-11-12-32(27,28)29)20(13-14)31-23(26)21-17-7-3-1-5-15(17)16-6-2-4-8-18(16)21;21-14-8-9-17(19(22)27-10-11-29(24,25)26)18(12-14)28-20(23)16-7-3-5-13-4-1-2-6-15(13)16;20-13-6-8-16(18(21)26-9-10-28(23,24)25)17(11-13)27-19(22)15-7-5-12-3-1-2-4-14(12)15;17-13-7-6-12(15(18)23-8-9-25(20,21)22)10-14(13)24-16(19)11-4-2-1-3-5-11/h1-10,13,21H,11-12H2,(H,27,28,29);1-9,12H,10-11H2,(H,24,25,26);1-8,11,15H,9-10H2,(H,23,24,25);6-7,10-11H,1-5,8-9H2,(H,20,21,22)/p-4. The van der Waals surface area contributed by atoms with Crippen molar-refractivity contribution in [3.8, 4) is 34.1 Å². The second kappa shape index (κ2) is 40.7. The summed E-state index contributed by atoms with van der Waals surface area (Å²) in [4.78, 5) is 99.8. The lowest BCUT2D eigenvalue weighted by atomic mass is 9.89. The molecule has 0 N–H and O–H groups in total. The molecule has 0 radical (unpaired) electrons. The number of fused-ring (bicyclic) bond motifs is 5. The number of esters is 8. The minimum Gasteiger partial charge on any atom is -0.748 e. The Kier molecular flexibility index (Phi) is 31.9. The van der Waals surface area contributed by atoms with Gasteiger partial charge in [0.25, 0.3) is 0 Å². The zero-order valence-electron chi connectivity index (χ0n) is 59.1. The summed E-state index contributed by atoms with van der Waals surface area (Å²) in [5, 5.41) is 1.57. The van der Waals surface area contributed by atoms with Gasteiger partial charge in [-0.05, 0) is 226 Å². The van der Waals surface area contributed by atoms with Gasteiger partial charge in [-0.1, -0.05) is 141 Å². The van der Waals surface area contributed by atoms with E-state index in [2.05, 4.69) is 0 Å². The summed E-state index contributed by atoms with van der Waals surface area (Å²) < 4.78 is 172. The van der Waals surface area contributed by atoms with Crippen molar-refractivity contribution in [2.45, 2.75) is 43.9 Å². The second-order valence-corrected chi connectivity index (χ2v) is 35.7. The first-order chi connectivity index (χ1) is 54.0. The molecule has 0 heterocycles. The van der Waals surface area contributed by atoms with Gasteiger partial charge >= 0.3 is 47.8 Å². The van der Waals surface area contributed by atoms with E-state index in [-0.39, 0.29) is 57.1 Å². The molecule has 598 valence electrons. The normalized spacial score (nSPS) is 13.6. The third-order valence-corrected chi connectivity index (χ3v) is 22.4. The van der Waals surface area contributed by atoms with E-state index in [1.807, 2.05) is 187 Å². The van der Waals surface area contributed by atoms with Crippen molar-refractivity contribution in [2.24, 2.45) is 5.92 Å². The molecule has 114 heavy (non-hydrogen) atoms. The molecule has 1 saturated carbocycles. The fourth-order valence-corrected chi connectivity index (χ4v) is 14.5. The van der Waals surface area contributed by atoms with Crippen LogP contribution in [0.25, 0.3) is 28.0 Å². The molecular weight excluding hydrogens is 2020 g/mol. The van der Waals surface area contributed by atoms with Crippen molar-refractivity contribution in [3.63, 3.8) is 0 Å². The summed E-state index contributed by atoms with van der Waals surface area (Å²) in [7, 11) is -18.0. The lowest BCUT2D eigenvalue weighted by Gasteiger charge is -2.20. The predicted octanol–water partition coefficient (Wildman–Crippen LogP) is 12.3. The quantitative estimate of drug-likeness (QED) is 0.0178. The van der Waals surface area contributed by atoms with Gasteiger partial charge in [0.05, 0.1) is 84.1 Å². The first-order valence-corrected chi connectivity index (χ1v) is 44.5. The molecule has 0 spiro atoms. The highest BCUT2D eigenvalue weighted by Gasteiger charge is 2.36. The highest BCUT2D eigenvalue weighted by Crippen LogP contribution is 2.46. The molecular formula is C78H62I4O28S4-4. The van der Waals surface area contributed by atoms with Crippen molar-refractivity contribution in [3.05, 3.63) is 258 Å². The third kappa shape index (κ3) is 26.4. The molecule has 3 aliphatic rings. The van der Waals surface area contributed by atoms with Crippen LogP contribution in [0, 0.1) is 20.2 Å². The van der Waals surface area contributed by atoms with Crippen LogP contribution in [-0.2, 0) is 73.8 Å². The van der Waals surface area contributed by atoms with Gasteiger partial charge in [-0.3, -0.25) is 14.4 Å². The Bertz CT molecular complexity index is 5620. The Morgan fingerprint density at radius 2 is 0.781 bits per heavy atom. The van der Waals surface area contributed by atoms with Gasteiger partial charge in [0, 0.05) is 10.7 Å². The number of hydrogen-bond acceptors (Lipinski definition) is 28. The Morgan fingerprint density at radius 1 is 0.368 bits per heavy atom. The smallest absolute Gasteiger partial charge is 0.344 e. The third-order valence-electron chi connectivity index (χ3n) is 16.8. The van der Waals surface area contributed by atoms with E-state index in [1.165, 1.54) is 48.5 Å². The lowest BCUT2D eigenvalue weighted by Crippen LogP contribution is -2.23. The second-order valence-electron chi connectivity index (χ2n) is 24.7. The van der Waals surface area contributed by atoms with Crippen molar-refractivity contribution in [2.75, 3.05) is 49.4 Å². The van der Waals surface area contributed by atoms with Crippen LogP contribution < -0.4 is 18.9 Å². The summed E-state index contributed by atoms with van der Waals surface area (Å²) in [5.41, 5.74) is 5.58. The van der Waals surface area contributed by atoms with Crippen LogP contribution in [-0.4, -0.2) is 149 Å². The highest BCUT2D eigenvalue weighted by atomic mass is 127. The van der Waals surface area contributed by atoms with Gasteiger partial charge in [0.1, 0.15) is 78.0 Å². The van der Waals surface area contributed by atoms with Crippen LogP contribution in [0.15, 0.2) is 194 Å². The average molecular weight is 2080 g/mol. The molecule has 1 unspecified atom stereocenters. The fraction of sp³-hybridized carbons (Fsp3) is 0.205. The van der Waals surface area contributed by atoms with Gasteiger partial charge in [-0.2, -0.15) is 0 Å².